The number of fused-ring (bicyclic) bond motifs is 1. The number of pyridine rings is 1. The average molecular weight is 288 g/mol. The zero-order valence-corrected chi connectivity index (χ0v) is 11.9. The van der Waals surface area contributed by atoms with Crippen molar-refractivity contribution >= 4 is 22.6 Å². The molecule has 20 heavy (non-hydrogen) atoms. The number of alkyl halides is 1. The smallest absolute Gasteiger partial charge is 0.111 e. The molecule has 0 fully saturated rings. The molecular weight excluding hydrogens is 274 g/mol. The number of halogens is 1. The highest BCUT2D eigenvalue weighted by molar-refractivity contribution is 6.17. The fourth-order valence-corrected chi connectivity index (χ4v) is 2.32. The van der Waals surface area contributed by atoms with E-state index in [9.17, 15) is 0 Å². The molecule has 0 aliphatic rings. The predicted molar refractivity (Wildman–Crippen MR) is 77.8 cm³/mol. The molecule has 3 heterocycles. The zero-order valence-electron chi connectivity index (χ0n) is 11.1. The Morgan fingerprint density at radius 3 is 2.85 bits per heavy atom. The van der Waals surface area contributed by atoms with E-state index < -0.39 is 0 Å². The average Bonchev–Trinajstić information content (AvgIpc) is 2.80. The van der Waals surface area contributed by atoms with Gasteiger partial charge in [0.05, 0.1) is 35.8 Å². The first-order chi connectivity index (χ1) is 9.78. The lowest BCUT2D eigenvalue weighted by molar-refractivity contribution is 0.732. The standard InChI is InChI=1S/C14H14ClN5/c1-10-6-18-11(7-17-10)9-20-13-3-5-16-8-12(13)19-14(20)2-4-15/h3,5-8H,2,4,9H2,1H3. The van der Waals surface area contributed by atoms with Crippen LogP contribution in [0, 0.1) is 6.92 Å². The van der Waals surface area contributed by atoms with Crippen LogP contribution in [0.15, 0.2) is 30.9 Å². The van der Waals surface area contributed by atoms with Crippen molar-refractivity contribution < 1.29 is 0 Å². The fourth-order valence-electron chi connectivity index (χ4n) is 2.15. The summed E-state index contributed by atoms with van der Waals surface area (Å²) in [7, 11) is 0. The van der Waals surface area contributed by atoms with Gasteiger partial charge in [-0.25, -0.2) is 4.98 Å². The summed E-state index contributed by atoms with van der Waals surface area (Å²) in [6.07, 6.45) is 7.83. The number of aromatic nitrogens is 5. The monoisotopic (exact) mass is 287 g/mol. The molecule has 0 unspecified atom stereocenters. The van der Waals surface area contributed by atoms with E-state index in [2.05, 4.69) is 24.5 Å². The second-order valence-corrected chi connectivity index (χ2v) is 4.94. The SMILES string of the molecule is Cc1cnc(Cn2c(CCCl)nc3cnccc32)cn1. The number of imidazole rings is 1. The van der Waals surface area contributed by atoms with E-state index >= 15 is 0 Å². The van der Waals surface area contributed by atoms with E-state index in [1.54, 1.807) is 24.8 Å². The minimum Gasteiger partial charge on any atom is -0.322 e. The van der Waals surface area contributed by atoms with Crippen LogP contribution in [0.3, 0.4) is 0 Å². The van der Waals surface area contributed by atoms with Gasteiger partial charge in [0.2, 0.25) is 0 Å². The first-order valence-electron chi connectivity index (χ1n) is 6.40. The normalized spacial score (nSPS) is 11.1. The molecule has 0 aromatic carbocycles. The van der Waals surface area contributed by atoms with Crippen LogP contribution in [-0.2, 0) is 13.0 Å². The third-order valence-corrected chi connectivity index (χ3v) is 3.29. The molecule has 5 nitrogen and oxygen atoms in total. The molecule has 0 radical (unpaired) electrons. The van der Waals surface area contributed by atoms with E-state index in [0.29, 0.717) is 12.4 Å². The van der Waals surface area contributed by atoms with Gasteiger partial charge < -0.3 is 4.57 Å². The van der Waals surface area contributed by atoms with Crippen molar-refractivity contribution in [3.8, 4) is 0 Å². The predicted octanol–water partition coefficient (Wildman–Crippen LogP) is 2.36. The van der Waals surface area contributed by atoms with E-state index in [0.717, 1.165) is 34.7 Å². The number of rotatable bonds is 4. The van der Waals surface area contributed by atoms with E-state index in [1.807, 2.05) is 13.0 Å². The lowest BCUT2D eigenvalue weighted by Gasteiger charge is -2.07. The Labute approximate surface area is 121 Å². The van der Waals surface area contributed by atoms with Gasteiger partial charge >= 0.3 is 0 Å². The molecule has 3 aromatic heterocycles. The molecule has 0 spiro atoms. The van der Waals surface area contributed by atoms with Crippen molar-refractivity contribution in [3.05, 3.63) is 48.1 Å². The minimum absolute atomic E-state index is 0.538. The minimum atomic E-state index is 0.538. The highest BCUT2D eigenvalue weighted by atomic mass is 35.5. The summed E-state index contributed by atoms with van der Waals surface area (Å²) in [5.74, 6) is 1.49. The van der Waals surface area contributed by atoms with Crippen molar-refractivity contribution in [2.24, 2.45) is 0 Å². The zero-order chi connectivity index (χ0) is 13.9. The molecule has 0 atom stereocenters. The van der Waals surface area contributed by atoms with Crippen LogP contribution in [-0.4, -0.2) is 30.4 Å². The molecule has 3 aromatic rings. The lowest BCUT2D eigenvalue weighted by atomic mass is 10.3. The van der Waals surface area contributed by atoms with Gasteiger partial charge in [-0.1, -0.05) is 0 Å². The van der Waals surface area contributed by atoms with E-state index in [1.165, 1.54) is 0 Å². The van der Waals surface area contributed by atoms with Crippen molar-refractivity contribution in [2.45, 2.75) is 19.9 Å². The van der Waals surface area contributed by atoms with Gasteiger partial charge in [-0.15, -0.1) is 11.6 Å². The van der Waals surface area contributed by atoms with Gasteiger partial charge in [0, 0.05) is 24.7 Å². The molecule has 0 aliphatic carbocycles. The van der Waals surface area contributed by atoms with Gasteiger partial charge in [-0.3, -0.25) is 15.0 Å². The van der Waals surface area contributed by atoms with Crippen LogP contribution >= 0.6 is 11.6 Å². The van der Waals surface area contributed by atoms with Crippen molar-refractivity contribution in [2.75, 3.05) is 5.88 Å². The van der Waals surface area contributed by atoms with Crippen LogP contribution in [0.25, 0.3) is 11.0 Å². The topological polar surface area (TPSA) is 56.5 Å². The van der Waals surface area contributed by atoms with Crippen molar-refractivity contribution in [3.63, 3.8) is 0 Å². The largest absolute Gasteiger partial charge is 0.322 e. The Balaban J connectivity index is 2.04. The summed E-state index contributed by atoms with van der Waals surface area (Å²) in [4.78, 5) is 17.4. The molecule has 102 valence electrons. The summed E-state index contributed by atoms with van der Waals surface area (Å²) in [5.41, 5.74) is 3.74. The molecule has 0 aliphatic heterocycles. The molecule has 0 N–H and O–H groups in total. The fraction of sp³-hybridized carbons (Fsp3) is 0.286. The second-order valence-electron chi connectivity index (χ2n) is 4.57. The van der Waals surface area contributed by atoms with Crippen molar-refractivity contribution in [1.82, 2.24) is 24.5 Å². The number of hydrogen-bond donors (Lipinski definition) is 0. The van der Waals surface area contributed by atoms with Crippen molar-refractivity contribution in [1.29, 1.82) is 0 Å². The van der Waals surface area contributed by atoms with Gasteiger partial charge in [-0.2, -0.15) is 0 Å². The Morgan fingerprint density at radius 1 is 1.20 bits per heavy atom. The highest BCUT2D eigenvalue weighted by Gasteiger charge is 2.11. The van der Waals surface area contributed by atoms with Gasteiger partial charge in [0.1, 0.15) is 11.3 Å². The molecule has 0 amide bonds. The van der Waals surface area contributed by atoms with Crippen LogP contribution in [0.1, 0.15) is 17.2 Å². The first-order valence-corrected chi connectivity index (χ1v) is 6.94. The van der Waals surface area contributed by atoms with Crippen LogP contribution in [0.5, 0.6) is 0 Å². The Kier molecular flexibility index (Phi) is 3.60. The van der Waals surface area contributed by atoms with Crippen LogP contribution in [0.2, 0.25) is 0 Å². The summed E-state index contributed by atoms with van der Waals surface area (Å²) in [5, 5.41) is 0. The third kappa shape index (κ3) is 2.49. The highest BCUT2D eigenvalue weighted by Crippen LogP contribution is 2.17. The summed E-state index contributed by atoms with van der Waals surface area (Å²) < 4.78 is 2.12. The Hall–Kier alpha value is -2.01. The quantitative estimate of drug-likeness (QED) is 0.691. The Bertz CT molecular complexity index is 720. The molecular formula is C14H14ClN5. The van der Waals surface area contributed by atoms with Gasteiger partial charge in [0.25, 0.3) is 0 Å². The maximum Gasteiger partial charge on any atom is 0.111 e. The lowest BCUT2D eigenvalue weighted by Crippen LogP contribution is -2.07. The summed E-state index contributed by atoms with van der Waals surface area (Å²) in [6, 6.07) is 1.96. The first kappa shape index (κ1) is 13.0. The maximum atomic E-state index is 5.86. The number of hydrogen-bond acceptors (Lipinski definition) is 4. The van der Waals surface area contributed by atoms with E-state index in [-0.39, 0.29) is 0 Å². The maximum absolute atomic E-state index is 5.86. The molecule has 3 rings (SSSR count). The molecule has 0 saturated heterocycles. The Morgan fingerprint density at radius 2 is 2.10 bits per heavy atom. The number of aryl methyl sites for hydroxylation is 2. The van der Waals surface area contributed by atoms with E-state index in [4.69, 9.17) is 11.6 Å². The third-order valence-electron chi connectivity index (χ3n) is 3.10. The van der Waals surface area contributed by atoms with Gasteiger partial charge in [0.15, 0.2) is 0 Å². The van der Waals surface area contributed by atoms with Crippen LogP contribution in [0.4, 0.5) is 0 Å². The number of nitrogens with zero attached hydrogens (tertiary/aromatic N) is 5. The molecule has 6 heteroatoms. The summed E-state index contributed by atoms with van der Waals surface area (Å²) >= 11 is 5.86. The second kappa shape index (κ2) is 5.54. The molecule has 0 saturated carbocycles. The van der Waals surface area contributed by atoms with Crippen LogP contribution < -0.4 is 0 Å². The summed E-state index contributed by atoms with van der Waals surface area (Å²) in [6.45, 7) is 2.56. The molecule has 0 bridgehead atoms. The van der Waals surface area contributed by atoms with Gasteiger partial charge in [-0.05, 0) is 13.0 Å².